The highest BCUT2D eigenvalue weighted by Crippen LogP contribution is 2.42. The van der Waals surface area contributed by atoms with Gasteiger partial charge in [-0.25, -0.2) is 15.0 Å². The van der Waals surface area contributed by atoms with Gasteiger partial charge in [0.2, 0.25) is 0 Å². The number of imidazole rings is 1. The molecule has 0 amide bonds. The third-order valence-electron chi connectivity index (χ3n) is 9.07. The van der Waals surface area contributed by atoms with Crippen molar-refractivity contribution in [2.45, 2.75) is 20.8 Å². The number of para-hydroxylation sites is 4. The molecule has 1 N–H and O–H groups in total. The van der Waals surface area contributed by atoms with Gasteiger partial charge < -0.3 is 19.4 Å². The zero-order chi connectivity index (χ0) is 34.5. The van der Waals surface area contributed by atoms with Gasteiger partial charge in [0, 0.05) is 36.5 Å². The molecule has 5 heterocycles. The van der Waals surface area contributed by atoms with E-state index >= 15 is 0 Å². The first-order valence-electron chi connectivity index (χ1n) is 17.0. The molecule has 0 bridgehead atoms. The predicted molar refractivity (Wildman–Crippen MR) is 211 cm³/mol. The molecule has 7 aromatic rings. The monoisotopic (exact) mass is 703 g/mol. The molecule has 0 saturated carbocycles. The van der Waals surface area contributed by atoms with Crippen molar-refractivity contribution in [3.8, 4) is 5.75 Å². The largest absolute Gasteiger partial charge is 0.462 e. The molecule has 0 radical (unpaired) electrons. The molecule has 3 aromatic heterocycles. The van der Waals surface area contributed by atoms with Crippen LogP contribution in [0.3, 0.4) is 0 Å². The van der Waals surface area contributed by atoms with E-state index in [1.54, 1.807) is 22.7 Å². The first kappa shape index (κ1) is 31.2. The Morgan fingerprint density at radius 1 is 0.745 bits per heavy atom. The van der Waals surface area contributed by atoms with E-state index in [4.69, 9.17) is 24.4 Å². The minimum Gasteiger partial charge on any atom is -0.462 e. The minimum absolute atomic E-state index is 0.639. The Kier molecular flexibility index (Phi) is 7.86. The van der Waals surface area contributed by atoms with Crippen LogP contribution < -0.4 is 9.64 Å². The first-order chi connectivity index (χ1) is 25.0. The van der Waals surface area contributed by atoms with E-state index in [2.05, 4.69) is 96.6 Å². The average molecular weight is 704 g/mol. The average Bonchev–Trinajstić information content (AvgIpc) is 3.88. The van der Waals surface area contributed by atoms with Gasteiger partial charge in [-0.15, -0.1) is 22.7 Å². The number of allylic oxidation sites excluding steroid dienone is 6. The highest BCUT2D eigenvalue weighted by molar-refractivity contribution is 7.22. The molecule has 0 saturated heterocycles. The number of anilines is 1. The molecular weight excluding hydrogens is 671 g/mol. The third-order valence-corrected chi connectivity index (χ3v) is 11.2. The van der Waals surface area contributed by atoms with E-state index < -0.39 is 0 Å². The molecule has 0 spiro atoms. The molecule has 51 heavy (non-hydrogen) atoms. The number of benzene rings is 4. The maximum Gasteiger partial charge on any atom is 0.142 e. The summed E-state index contributed by atoms with van der Waals surface area (Å²) in [7, 11) is 0. The summed E-state index contributed by atoms with van der Waals surface area (Å²) in [5.41, 5.74) is 8.68. The number of H-pyrrole nitrogens is 1. The fraction of sp³-hybridized carbons (Fsp3) is 0.119. The van der Waals surface area contributed by atoms with Crippen LogP contribution in [0.5, 0.6) is 5.75 Å². The van der Waals surface area contributed by atoms with E-state index in [9.17, 15) is 0 Å². The first-order valence-corrected chi connectivity index (χ1v) is 18.7. The lowest BCUT2D eigenvalue weighted by Crippen LogP contribution is -2.22. The lowest BCUT2D eigenvalue weighted by atomic mass is 10.0. The number of hydrogen-bond donors (Lipinski definition) is 1. The van der Waals surface area contributed by atoms with Crippen LogP contribution in [0.1, 0.15) is 42.2 Å². The van der Waals surface area contributed by atoms with Gasteiger partial charge in [0.05, 0.1) is 42.6 Å². The van der Waals surface area contributed by atoms with Crippen LogP contribution >= 0.6 is 22.7 Å². The second-order valence-electron chi connectivity index (χ2n) is 12.4. The Morgan fingerprint density at radius 3 is 2.08 bits per heavy atom. The predicted octanol–water partition coefficient (Wildman–Crippen LogP) is 10.8. The Bertz CT molecular complexity index is 2470. The Balaban J connectivity index is 1.22. The quantitative estimate of drug-likeness (QED) is 0.178. The van der Waals surface area contributed by atoms with Gasteiger partial charge in [-0.05, 0) is 93.1 Å². The summed E-state index contributed by atoms with van der Waals surface area (Å²) in [6, 6.07) is 31.0. The second-order valence-corrected chi connectivity index (χ2v) is 14.4. The molecule has 9 heteroatoms. The molecule has 4 aromatic carbocycles. The fourth-order valence-electron chi connectivity index (χ4n) is 6.59. The van der Waals surface area contributed by atoms with E-state index in [0.717, 1.165) is 99.9 Å². The number of ether oxygens (including phenoxy) is 2. The van der Waals surface area contributed by atoms with Gasteiger partial charge >= 0.3 is 0 Å². The molecule has 0 atom stereocenters. The van der Waals surface area contributed by atoms with Crippen molar-refractivity contribution in [3.63, 3.8) is 0 Å². The molecule has 250 valence electrons. The van der Waals surface area contributed by atoms with Crippen LogP contribution in [0.15, 0.2) is 132 Å². The number of nitrogens with zero attached hydrogens (tertiary/aromatic N) is 4. The maximum absolute atomic E-state index is 6.79. The Labute approximate surface area is 303 Å². The van der Waals surface area contributed by atoms with Gasteiger partial charge in [-0.3, -0.25) is 0 Å². The van der Waals surface area contributed by atoms with E-state index in [-0.39, 0.29) is 0 Å². The SMILES string of the molecule is CCN(CC)c1ccc2c(c1)O/C(=C\C1=CC(=C(c3nc4ccccc4s3)c3nc4ccccc4s3)C=C(C)O1)C(c1nc3ccccc3[nH]1)=C2. The molecule has 0 aliphatic carbocycles. The molecule has 2 aliphatic heterocycles. The zero-order valence-corrected chi connectivity index (χ0v) is 29.9. The number of aromatic nitrogens is 4. The zero-order valence-electron chi connectivity index (χ0n) is 28.3. The van der Waals surface area contributed by atoms with Crippen molar-refractivity contribution in [1.82, 2.24) is 19.9 Å². The van der Waals surface area contributed by atoms with E-state index in [1.807, 2.05) is 49.4 Å². The van der Waals surface area contributed by atoms with Crippen LogP contribution in [-0.2, 0) is 4.74 Å². The van der Waals surface area contributed by atoms with Crippen molar-refractivity contribution in [2.75, 3.05) is 18.0 Å². The van der Waals surface area contributed by atoms with Crippen LogP contribution in [0.25, 0.3) is 48.7 Å². The summed E-state index contributed by atoms with van der Waals surface area (Å²) in [6.45, 7) is 8.12. The molecule has 2 aliphatic rings. The summed E-state index contributed by atoms with van der Waals surface area (Å²) >= 11 is 3.35. The lowest BCUT2D eigenvalue weighted by molar-refractivity contribution is 0.314. The van der Waals surface area contributed by atoms with Gasteiger partial charge in [0.25, 0.3) is 0 Å². The number of fused-ring (bicyclic) bond motifs is 4. The highest BCUT2D eigenvalue weighted by atomic mass is 32.1. The number of rotatable bonds is 7. The number of nitrogens with one attached hydrogen (secondary N) is 1. The standard InChI is InChI=1S/C42H33N5O2S2/c1-4-47(5-2)28-19-18-26-22-30(40-43-31-12-6-7-13-32(31)44-40)36(49-35(26)23-28)24-29-21-27(20-25(3)48-29)39(41-45-33-14-8-10-16-37(33)50-41)42-46-34-15-9-11-17-38(34)51-42/h6-24H,4-5H2,1-3H3,(H,43,44)/b36-24-. The molecule has 0 fully saturated rings. The summed E-state index contributed by atoms with van der Waals surface area (Å²) < 4.78 is 15.5. The normalized spacial score (nSPS) is 15.0. The van der Waals surface area contributed by atoms with Crippen molar-refractivity contribution >= 4 is 77.0 Å². The van der Waals surface area contributed by atoms with Gasteiger partial charge in [-0.1, -0.05) is 36.4 Å². The topological polar surface area (TPSA) is 76.2 Å². The summed E-state index contributed by atoms with van der Waals surface area (Å²) in [6.07, 6.45) is 8.25. The third kappa shape index (κ3) is 5.84. The van der Waals surface area contributed by atoms with Crippen LogP contribution in [-0.4, -0.2) is 33.0 Å². The minimum atomic E-state index is 0.639. The fourth-order valence-corrected chi connectivity index (χ4v) is 8.72. The maximum atomic E-state index is 6.79. The van der Waals surface area contributed by atoms with Crippen LogP contribution in [0.4, 0.5) is 5.69 Å². The number of thiazole rings is 2. The smallest absolute Gasteiger partial charge is 0.142 e. The summed E-state index contributed by atoms with van der Waals surface area (Å²) in [5.74, 6) is 3.55. The summed E-state index contributed by atoms with van der Waals surface area (Å²) in [5, 5.41) is 1.82. The second kappa shape index (κ2) is 12.8. The van der Waals surface area contributed by atoms with Gasteiger partial charge in [0.1, 0.15) is 38.9 Å². The van der Waals surface area contributed by atoms with Crippen LogP contribution in [0, 0.1) is 0 Å². The molecule has 7 nitrogen and oxygen atoms in total. The van der Waals surface area contributed by atoms with Gasteiger partial charge in [0.15, 0.2) is 0 Å². The lowest BCUT2D eigenvalue weighted by Gasteiger charge is -2.25. The number of aromatic amines is 1. The Hall–Kier alpha value is -5.77. The van der Waals surface area contributed by atoms with Crippen LogP contribution in [0.2, 0.25) is 0 Å². The van der Waals surface area contributed by atoms with Crippen molar-refractivity contribution in [1.29, 1.82) is 0 Å². The Morgan fingerprint density at radius 2 is 1.41 bits per heavy atom. The van der Waals surface area contributed by atoms with Crippen molar-refractivity contribution in [2.24, 2.45) is 0 Å². The van der Waals surface area contributed by atoms with Gasteiger partial charge in [-0.2, -0.15) is 0 Å². The van der Waals surface area contributed by atoms with Crippen molar-refractivity contribution < 1.29 is 9.47 Å². The number of hydrogen-bond acceptors (Lipinski definition) is 8. The van der Waals surface area contributed by atoms with E-state index in [0.29, 0.717) is 11.5 Å². The molecular formula is C42H33N5O2S2. The summed E-state index contributed by atoms with van der Waals surface area (Å²) in [4.78, 5) is 21.0. The van der Waals surface area contributed by atoms with E-state index in [1.165, 1.54) is 0 Å². The molecule has 9 rings (SSSR count). The van der Waals surface area contributed by atoms with Crippen molar-refractivity contribution in [3.05, 3.63) is 153 Å². The molecule has 0 unspecified atom stereocenters. The highest BCUT2D eigenvalue weighted by Gasteiger charge is 2.25.